The Kier molecular flexibility index (Phi) is 2.25. The molecular weight excluding hydrogens is 181 g/mol. The molecule has 1 heterocycles. The van der Waals surface area contributed by atoms with Crippen LogP contribution in [0.4, 0.5) is 4.39 Å². The van der Waals surface area contributed by atoms with E-state index in [9.17, 15) is 4.39 Å². The van der Waals surface area contributed by atoms with Crippen molar-refractivity contribution in [1.82, 2.24) is 0 Å². The SMILES string of the molecule is CC(N)Cc1ccc2c(F)coc2c1. The van der Waals surface area contributed by atoms with Gasteiger partial charge in [-0.2, -0.15) is 0 Å². The number of hydrogen-bond acceptors (Lipinski definition) is 2. The molecule has 2 aromatic rings. The van der Waals surface area contributed by atoms with E-state index in [0.29, 0.717) is 11.0 Å². The van der Waals surface area contributed by atoms with E-state index in [1.807, 2.05) is 19.1 Å². The molecule has 0 spiro atoms. The number of halogens is 1. The number of furan rings is 1. The predicted octanol–water partition coefficient (Wildman–Crippen LogP) is 2.46. The van der Waals surface area contributed by atoms with Crippen LogP contribution in [0.25, 0.3) is 11.0 Å². The summed E-state index contributed by atoms with van der Waals surface area (Å²) in [5.74, 6) is -0.313. The first-order valence-electron chi connectivity index (χ1n) is 4.58. The highest BCUT2D eigenvalue weighted by atomic mass is 19.1. The fourth-order valence-corrected chi connectivity index (χ4v) is 1.54. The van der Waals surface area contributed by atoms with Crippen LogP contribution in [0.5, 0.6) is 0 Å². The van der Waals surface area contributed by atoms with Gasteiger partial charge in [-0.1, -0.05) is 6.07 Å². The number of nitrogens with two attached hydrogens (primary N) is 1. The third kappa shape index (κ3) is 1.63. The van der Waals surface area contributed by atoms with E-state index < -0.39 is 0 Å². The summed E-state index contributed by atoms with van der Waals surface area (Å²) in [6.07, 6.45) is 1.90. The standard InChI is InChI=1S/C11H12FNO/c1-7(13)4-8-2-3-9-10(12)6-14-11(9)5-8/h2-3,5-7H,4,13H2,1H3. The van der Waals surface area contributed by atoms with E-state index in [-0.39, 0.29) is 11.9 Å². The van der Waals surface area contributed by atoms with Gasteiger partial charge in [0.2, 0.25) is 0 Å². The summed E-state index contributed by atoms with van der Waals surface area (Å²) in [6.45, 7) is 1.94. The van der Waals surface area contributed by atoms with Crippen LogP contribution in [0.3, 0.4) is 0 Å². The number of hydrogen-bond donors (Lipinski definition) is 1. The lowest BCUT2D eigenvalue weighted by Crippen LogP contribution is -2.17. The first-order chi connectivity index (χ1) is 6.66. The Morgan fingerprint density at radius 2 is 2.29 bits per heavy atom. The molecule has 1 aromatic heterocycles. The minimum absolute atomic E-state index is 0.104. The zero-order valence-corrected chi connectivity index (χ0v) is 7.96. The summed E-state index contributed by atoms with van der Waals surface area (Å²) in [6, 6.07) is 5.55. The molecule has 0 fully saturated rings. The van der Waals surface area contributed by atoms with E-state index in [1.54, 1.807) is 6.07 Å². The summed E-state index contributed by atoms with van der Waals surface area (Å²) < 4.78 is 18.1. The molecule has 2 N–H and O–H groups in total. The molecule has 0 bridgehead atoms. The molecule has 1 unspecified atom stereocenters. The van der Waals surface area contributed by atoms with Gasteiger partial charge in [0.25, 0.3) is 0 Å². The highest BCUT2D eigenvalue weighted by molar-refractivity contribution is 5.78. The number of rotatable bonds is 2. The lowest BCUT2D eigenvalue weighted by molar-refractivity contribution is 0.558. The van der Waals surface area contributed by atoms with Crippen molar-refractivity contribution in [2.24, 2.45) is 5.73 Å². The molecule has 0 aliphatic carbocycles. The third-order valence-electron chi connectivity index (χ3n) is 2.15. The molecule has 2 rings (SSSR count). The van der Waals surface area contributed by atoms with Gasteiger partial charge in [0.15, 0.2) is 5.82 Å². The minimum Gasteiger partial charge on any atom is -0.461 e. The van der Waals surface area contributed by atoms with Crippen LogP contribution >= 0.6 is 0 Å². The predicted molar refractivity (Wildman–Crippen MR) is 53.5 cm³/mol. The molecule has 14 heavy (non-hydrogen) atoms. The fourth-order valence-electron chi connectivity index (χ4n) is 1.54. The van der Waals surface area contributed by atoms with Gasteiger partial charge in [0, 0.05) is 6.04 Å². The minimum atomic E-state index is -0.313. The van der Waals surface area contributed by atoms with Crippen LogP contribution in [0.2, 0.25) is 0 Å². The molecule has 3 heteroatoms. The number of fused-ring (bicyclic) bond motifs is 1. The zero-order valence-electron chi connectivity index (χ0n) is 7.96. The molecule has 0 amide bonds. The van der Waals surface area contributed by atoms with Gasteiger partial charge in [-0.3, -0.25) is 0 Å². The highest BCUT2D eigenvalue weighted by Gasteiger charge is 2.06. The van der Waals surface area contributed by atoms with Gasteiger partial charge in [-0.15, -0.1) is 0 Å². The van der Waals surface area contributed by atoms with Gasteiger partial charge in [0.1, 0.15) is 11.8 Å². The van der Waals surface area contributed by atoms with Crippen LogP contribution in [-0.4, -0.2) is 6.04 Å². The van der Waals surface area contributed by atoms with Crippen molar-refractivity contribution in [2.45, 2.75) is 19.4 Å². The van der Waals surface area contributed by atoms with Crippen LogP contribution < -0.4 is 5.73 Å². The second kappa shape index (κ2) is 3.42. The maximum absolute atomic E-state index is 13.0. The summed E-state index contributed by atoms with van der Waals surface area (Å²) >= 11 is 0. The Morgan fingerprint density at radius 1 is 1.50 bits per heavy atom. The molecule has 0 aliphatic heterocycles. The van der Waals surface area contributed by atoms with Crippen molar-refractivity contribution in [3.63, 3.8) is 0 Å². The molecule has 74 valence electrons. The summed E-state index contributed by atoms with van der Waals surface area (Å²) in [5, 5.41) is 0.526. The first-order valence-corrected chi connectivity index (χ1v) is 4.58. The van der Waals surface area contributed by atoms with E-state index in [4.69, 9.17) is 10.2 Å². The molecule has 0 radical (unpaired) electrons. The normalized spacial score (nSPS) is 13.4. The molecule has 0 aliphatic rings. The van der Waals surface area contributed by atoms with Crippen LogP contribution in [0.15, 0.2) is 28.9 Å². The maximum Gasteiger partial charge on any atom is 0.169 e. The second-order valence-corrected chi connectivity index (χ2v) is 3.60. The van der Waals surface area contributed by atoms with Gasteiger partial charge in [0.05, 0.1) is 5.39 Å². The largest absolute Gasteiger partial charge is 0.461 e. The summed E-state index contributed by atoms with van der Waals surface area (Å²) in [7, 11) is 0. The average Bonchev–Trinajstić information content (AvgIpc) is 2.46. The lowest BCUT2D eigenvalue weighted by atomic mass is 10.1. The van der Waals surface area contributed by atoms with Crippen molar-refractivity contribution < 1.29 is 8.81 Å². The van der Waals surface area contributed by atoms with Gasteiger partial charge in [-0.05, 0) is 31.0 Å². The lowest BCUT2D eigenvalue weighted by Gasteiger charge is -2.04. The Balaban J connectivity index is 2.42. The van der Waals surface area contributed by atoms with Crippen molar-refractivity contribution >= 4 is 11.0 Å². The Morgan fingerprint density at radius 3 is 3.00 bits per heavy atom. The Hall–Kier alpha value is -1.35. The van der Waals surface area contributed by atoms with Crippen molar-refractivity contribution in [3.8, 4) is 0 Å². The Labute approximate surface area is 81.5 Å². The monoisotopic (exact) mass is 193 g/mol. The first kappa shape index (κ1) is 9.21. The van der Waals surface area contributed by atoms with Crippen LogP contribution in [0, 0.1) is 5.82 Å². The summed E-state index contributed by atoms with van der Waals surface area (Å²) in [5.41, 5.74) is 7.32. The molecule has 0 saturated carbocycles. The molecule has 1 aromatic carbocycles. The molecule has 1 atom stereocenters. The smallest absolute Gasteiger partial charge is 0.169 e. The maximum atomic E-state index is 13.0. The third-order valence-corrected chi connectivity index (χ3v) is 2.15. The highest BCUT2D eigenvalue weighted by Crippen LogP contribution is 2.21. The van der Waals surface area contributed by atoms with Gasteiger partial charge >= 0.3 is 0 Å². The molecule has 0 saturated heterocycles. The zero-order chi connectivity index (χ0) is 10.1. The average molecular weight is 193 g/mol. The van der Waals surface area contributed by atoms with Crippen LogP contribution in [-0.2, 0) is 6.42 Å². The molecule has 2 nitrogen and oxygen atoms in total. The Bertz CT molecular complexity index is 447. The fraction of sp³-hybridized carbons (Fsp3) is 0.273. The van der Waals surface area contributed by atoms with Gasteiger partial charge in [-0.25, -0.2) is 4.39 Å². The van der Waals surface area contributed by atoms with E-state index >= 15 is 0 Å². The van der Waals surface area contributed by atoms with Gasteiger partial charge < -0.3 is 10.2 Å². The number of benzene rings is 1. The van der Waals surface area contributed by atoms with E-state index in [0.717, 1.165) is 18.2 Å². The van der Waals surface area contributed by atoms with E-state index in [2.05, 4.69) is 0 Å². The van der Waals surface area contributed by atoms with Crippen LogP contribution in [0.1, 0.15) is 12.5 Å². The van der Waals surface area contributed by atoms with Crippen molar-refractivity contribution in [3.05, 3.63) is 35.8 Å². The van der Waals surface area contributed by atoms with E-state index in [1.165, 1.54) is 0 Å². The van der Waals surface area contributed by atoms with Crippen molar-refractivity contribution in [2.75, 3.05) is 0 Å². The second-order valence-electron chi connectivity index (χ2n) is 3.60. The quantitative estimate of drug-likeness (QED) is 0.795. The summed E-state index contributed by atoms with van der Waals surface area (Å²) in [4.78, 5) is 0. The topological polar surface area (TPSA) is 39.2 Å². The van der Waals surface area contributed by atoms with Crippen molar-refractivity contribution in [1.29, 1.82) is 0 Å². The molecular formula is C11H12FNO.